The number of hydrogen-bond donors (Lipinski definition) is 3. The minimum absolute atomic E-state index is 0.162. The lowest BCUT2D eigenvalue weighted by Crippen LogP contribution is -2.13. The number of hydrogen-bond acceptors (Lipinski definition) is 3. The first kappa shape index (κ1) is 11.6. The molecular formula is C10H8BrFN4O. The molecule has 0 radical (unpaired) electrons. The molecule has 0 bridgehead atoms. The van der Waals surface area contributed by atoms with Gasteiger partial charge in [-0.3, -0.25) is 9.89 Å². The molecule has 0 aliphatic carbocycles. The normalized spacial score (nSPS) is 10.2. The van der Waals surface area contributed by atoms with Gasteiger partial charge < -0.3 is 11.1 Å². The smallest absolute Gasteiger partial charge is 0.261 e. The van der Waals surface area contributed by atoms with Crippen molar-refractivity contribution in [2.75, 3.05) is 11.1 Å². The van der Waals surface area contributed by atoms with Gasteiger partial charge in [-0.1, -0.05) is 0 Å². The minimum atomic E-state index is -0.456. The molecule has 4 N–H and O–H groups in total. The molecule has 0 aliphatic heterocycles. The van der Waals surface area contributed by atoms with E-state index in [1.54, 1.807) is 0 Å². The third-order valence-corrected chi connectivity index (χ3v) is 2.78. The van der Waals surface area contributed by atoms with Gasteiger partial charge >= 0.3 is 0 Å². The van der Waals surface area contributed by atoms with Crippen LogP contribution in [0.3, 0.4) is 0 Å². The van der Waals surface area contributed by atoms with Crippen molar-refractivity contribution in [1.29, 1.82) is 0 Å². The molecular weight excluding hydrogens is 291 g/mol. The van der Waals surface area contributed by atoms with E-state index < -0.39 is 11.7 Å². The Bertz CT molecular complexity index is 569. The first-order valence-corrected chi connectivity index (χ1v) is 5.42. The van der Waals surface area contributed by atoms with Gasteiger partial charge in [0.1, 0.15) is 17.2 Å². The fraction of sp³-hybridized carbons (Fsp3) is 0. The minimum Gasteiger partial charge on any atom is -0.383 e. The van der Waals surface area contributed by atoms with Crippen LogP contribution >= 0.6 is 15.9 Å². The predicted octanol–water partition coefficient (Wildman–Crippen LogP) is 2.15. The summed E-state index contributed by atoms with van der Waals surface area (Å²) < 4.78 is 13.6. The van der Waals surface area contributed by atoms with E-state index in [1.807, 2.05) is 0 Å². The van der Waals surface area contributed by atoms with E-state index in [-0.39, 0.29) is 11.4 Å². The van der Waals surface area contributed by atoms with Gasteiger partial charge in [-0.15, -0.1) is 0 Å². The summed E-state index contributed by atoms with van der Waals surface area (Å²) in [5, 5.41) is 8.60. The summed E-state index contributed by atoms with van der Waals surface area (Å²) >= 11 is 3.20. The van der Waals surface area contributed by atoms with Crippen molar-refractivity contribution < 1.29 is 9.18 Å². The summed E-state index contributed by atoms with van der Waals surface area (Å²) in [5.41, 5.74) is 6.04. The van der Waals surface area contributed by atoms with E-state index in [9.17, 15) is 9.18 Å². The third-order valence-electron chi connectivity index (χ3n) is 2.09. The number of H-pyrrole nitrogens is 1. The van der Waals surface area contributed by atoms with Crippen LogP contribution in [0.5, 0.6) is 0 Å². The highest BCUT2D eigenvalue weighted by Gasteiger charge is 2.13. The van der Waals surface area contributed by atoms with Crippen LogP contribution < -0.4 is 11.1 Å². The summed E-state index contributed by atoms with van der Waals surface area (Å²) in [4.78, 5) is 11.8. The number of nitrogen functional groups attached to an aromatic ring is 1. The van der Waals surface area contributed by atoms with Crippen LogP contribution in [0, 0.1) is 5.82 Å². The standard InChI is InChI=1S/C10H8BrFN4O/c11-7-2-1-5(12)3-8(7)15-10(17)6-4-14-16-9(6)13/h1-4H,(H,15,17)(H3,13,14,16). The lowest BCUT2D eigenvalue weighted by molar-refractivity contribution is 0.102. The number of carbonyl (C=O) groups excluding carboxylic acids is 1. The molecule has 1 aromatic heterocycles. The highest BCUT2D eigenvalue weighted by atomic mass is 79.9. The molecule has 2 aromatic rings. The SMILES string of the molecule is Nc1[nH]ncc1C(=O)Nc1cc(F)ccc1Br. The van der Waals surface area contributed by atoms with E-state index in [0.717, 1.165) is 0 Å². The fourth-order valence-corrected chi connectivity index (χ4v) is 1.61. The Kier molecular flexibility index (Phi) is 3.10. The molecule has 0 unspecified atom stereocenters. The lowest BCUT2D eigenvalue weighted by Gasteiger charge is -2.06. The Balaban J connectivity index is 2.24. The van der Waals surface area contributed by atoms with Gasteiger partial charge in [0.05, 0.1) is 11.9 Å². The molecule has 0 saturated carbocycles. The molecule has 88 valence electrons. The van der Waals surface area contributed by atoms with Crippen molar-refractivity contribution >= 4 is 33.3 Å². The van der Waals surface area contributed by atoms with E-state index >= 15 is 0 Å². The summed E-state index contributed by atoms with van der Waals surface area (Å²) in [7, 11) is 0. The van der Waals surface area contributed by atoms with Gasteiger partial charge in [-0.25, -0.2) is 4.39 Å². The fourth-order valence-electron chi connectivity index (χ4n) is 1.26. The van der Waals surface area contributed by atoms with Gasteiger partial charge in [0.25, 0.3) is 5.91 Å². The zero-order valence-electron chi connectivity index (χ0n) is 8.50. The maximum atomic E-state index is 13.0. The molecule has 0 fully saturated rings. The molecule has 1 heterocycles. The largest absolute Gasteiger partial charge is 0.383 e. The number of nitrogens with zero attached hydrogens (tertiary/aromatic N) is 1. The molecule has 2 rings (SSSR count). The van der Waals surface area contributed by atoms with Gasteiger partial charge in [-0.2, -0.15) is 5.10 Å². The maximum Gasteiger partial charge on any atom is 0.261 e. The highest BCUT2D eigenvalue weighted by molar-refractivity contribution is 9.10. The molecule has 17 heavy (non-hydrogen) atoms. The van der Waals surface area contributed by atoms with Gasteiger partial charge in [0.2, 0.25) is 0 Å². The van der Waals surface area contributed by atoms with Crippen LogP contribution in [-0.4, -0.2) is 16.1 Å². The van der Waals surface area contributed by atoms with E-state index in [1.165, 1.54) is 24.4 Å². The van der Waals surface area contributed by atoms with Crippen molar-refractivity contribution in [1.82, 2.24) is 10.2 Å². The molecule has 5 nitrogen and oxygen atoms in total. The van der Waals surface area contributed by atoms with Crippen LogP contribution in [0.25, 0.3) is 0 Å². The molecule has 0 spiro atoms. The average molecular weight is 299 g/mol. The number of halogens is 2. The first-order chi connectivity index (χ1) is 8.08. The third kappa shape index (κ3) is 2.44. The molecule has 1 aromatic carbocycles. The van der Waals surface area contributed by atoms with Crippen molar-refractivity contribution in [3.8, 4) is 0 Å². The number of amides is 1. The summed E-state index contributed by atoms with van der Waals surface area (Å²) in [5.74, 6) is -0.735. The van der Waals surface area contributed by atoms with Crippen LogP contribution in [-0.2, 0) is 0 Å². The monoisotopic (exact) mass is 298 g/mol. The average Bonchev–Trinajstić information content (AvgIpc) is 2.70. The summed E-state index contributed by atoms with van der Waals surface area (Å²) in [6.07, 6.45) is 1.30. The number of aromatic nitrogens is 2. The second-order valence-electron chi connectivity index (χ2n) is 3.28. The van der Waals surface area contributed by atoms with Crippen molar-refractivity contribution in [2.45, 2.75) is 0 Å². The van der Waals surface area contributed by atoms with Crippen LogP contribution in [0.4, 0.5) is 15.9 Å². The van der Waals surface area contributed by atoms with Crippen molar-refractivity contribution in [3.05, 3.63) is 40.2 Å². The number of carbonyl (C=O) groups is 1. The van der Waals surface area contributed by atoms with E-state index in [0.29, 0.717) is 10.2 Å². The molecule has 1 amide bonds. The number of anilines is 2. The van der Waals surface area contributed by atoms with Gasteiger partial charge in [0, 0.05) is 4.47 Å². The number of benzene rings is 1. The second-order valence-corrected chi connectivity index (χ2v) is 4.13. The second kappa shape index (κ2) is 4.54. The quantitative estimate of drug-likeness (QED) is 0.794. The zero-order valence-corrected chi connectivity index (χ0v) is 10.1. The summed E-state index contributed by atoms with van der Waals surface area (Å²) in [6, 6.07) is 3.99. The Hall–Kier alpha value is -1.89. The Morgan fingerprint density at radius 3 is 2.94 bits per heavy atom. The Morgan fingerprint density at radius 1 is 1.53 bits per heavy atom. The molecule has 0 saturated heterocycles. The molecule has 0 aliphatic rings. The predicted molar refractivity (Wildman–Crippen MR) is 65.1 cm³/mol. The van der Waals surface area contributed by atoms with Gasteiger partial charge in [-0.05, 0) is 34.1 Å². The molecule has 0 atom stereocenters. The van der Waals surface area contributed by atoms with Crippen LogP contribution in [0.15, 0.2) is 28.9 Å². The van der Waals surface area contributed by atoms with Crippen LogP contribution in [0.1, 0.15) is 10.4 Å². The van der Waals surface area contributed by atoms with Crippen LogP contribution in [0.2, 0.25) is 0 Å². The lowest BCUT2D eigenvalue weighted by atomic mass is 10.2. The van der Waals surface area contributed by atoms with Gasteiger partial charge in [0.15, 0.2) is 0 Å². The topological polar surface area (TPSA) is 83.8 Å². The molecule has 7 heteroatoms. The summed E-state index contributed by atoms with van der Waals surface area (Å²) in [6.45, 7) is 0. The number of rotatable bonds is 2. The van der Waals surface area contributed by atoms with E-state index in [2.05, 4.69) is 31.4 Å². The number of nitrogens with one attached hydrogen (secondary N) is 2. The zero-order chi connectivity index (χ0) is 12.4. The highest BCUT2D eigenvalue weighted by Crippen LogP contribution is 2.24. The van der Waals surface area contributed by atoms with E-state index in [4.69, 9.17) is 5.73 Å². The number of aromatic amines is 1. The Labute approximate surface area is 104 Å². The maximum absolute atomic E-state index is 13.0. The van der Waals surface area contributed by atoms with Crippen molar-refractivity contribution in [2.24, 2.45) is 0 Å². The Morgan fingerprint density at radius 2 is 2.29 bits per heavy atom. The first-order valence-electron chi connectivity index (χ1n) is 4.63. The number of nitrogens with two attached hydrogens (primary N) is 1. The van der Waals surface area contributed by atoms with Crippen molar-refractivity contribution in [3.63, 3.8) is 0 Å².